The summed E-state index contributed by atoms with van der Waals surface area (Å²) in [6.07, 6.45) is 0. The van der Waals surface area contributed by atoms with E-state index in [1.807, 2.05) is 13.8 Å². The highest BCUT2D eigenvalue weighted by molar-refractivity contribution is 7.91. The first-order valence-corrected chi connectivity index (χ1v) is 11.1. The van der Waals surface area contributed by atoms with Crippen LogP contribution in [-0.4, -0.2) is 23.8 Å². The van der Waals surface area contributed by atoms with Crippen LogP contribution in [0.15, 0.2) is 64.4 Å². The highest BCUT2D eigenvalue weighted by Gasteiger charge is 2.31. The maximum Gasteiger partial charge on any atom is 0.269 e. The number of anilines is 1. The average Bonchev–Trinajstić information content (AvgIpc) is 2.99. The molecule has 0 saturated heterocycles. The quantitative estimate of drug-likeness (QED) is 0.441. The molecular weight excluding hydrogens is 418 g/mol. The Kier molecular flexibility index (Phi) is 5.99. The first-order valence-electron chi connectivity index (χ1n) is 9.63. The van der Waals surface area contributed by atoms with Crippen molar-refractivity contribution in [1.29, 1.82) is 0 Å². The number of non-ortho nitro benzene ring substituents is 1. The molecule has 0 atom stereocenters. The van der Waals surface area contributed by atoms with E-state index in [1.54, 1.807) is 36.6 Å². The number of amides is 1. The molecule has 0 spiro atoms. The number of carbonyl (C=O) groups excluding carboxylic acids is 1. The van der Waals surface area contributed by atoms with Crippen molar-refractivity contribution in [3.05, 3.63) is 81.5 Å². The summed E-state index contributed by atoms with van der Waals surface area (Å²) >= 11 is 0. The van der Waals surface area contributed by atoms with Gasteiger partial charge in [0.25, 0.3) is 11.6 Å². The summed E-state index contributed by atoms with van der Waals surface area (Å²) in [6, 6.07) is 13.1. The molecule has 1 amide bonds. The second-order valence-corrected chi connectivity index (χ2v) is 9.31. The molecule has 1 heterocycles. The number of sulfone groups is 1. The second kappa shape index (κ2) is 8.35. The number of nitrogens with one attached hydrogen (secondary N) is 1. The molecule has 3 rings (SSSR count). The Morgan fingerprint density at radius 3 is 2.13 bits per heavy atom. The summed E-state index contributed by atoms with van der Waals surface area (Å²) in [6.45, 7) is 7.31. The normalized spacial score (nSPS) is 11.5. The highest BCUT2D eigenvalue weighted by Crippen LogP contribution is 2.37. The third-order valence-corrected chi connectivity index (χ3v) is 7.04. The van der Waals surface area contributed by atoms with Crippen molar-refractivity contribution in [3.8, 4) is 0 Å². The highest BCUT2D eigenvalue weighted by atomic mass is 32.2. The molecule has 0 aliphatic heterocycles. The van der Waals surface area contributed by atoms with E-state index in [0.717, 1.165) is 5.69 Å². The largest absolute Gasteiger partial charge is 0.328 e. The zero-order chi connectivity index (χ0) is 22.9. The summed E-state index contributed by atoms with van der Waals surface area (Å²) in [7, 11) is -3.91. The van der Waals surface area contributed by atoms with Crippen LogP contribution >= 0.6 is 0 Å². The molecule has 1 N–H and O–H groups in total. The van der Waals surface area contributed by atoms with Crippen molar-refractivity contribution < 1.29 is 18.1 Å². The predicted octanol–water partition coefficient (Wildman–Crippen LogP) is 4.68. The molecule has 0 fully saturated rings. The summed E-state index contributed by atoms with van der Waals surface area (Å²) in [5.41, 5.74) is 1.32. The van der Waals surface area contributed by atoms with Gasteiger partial charge in [0.15, 0.2) is 0 Å². The molecule has 2 aromatic carbocycles. The zero-order valence-electron chi connectivity index (χ0n) is 17.6. The fraction of sp³-hybridized carbons (Fsp3) is 0.227. The third-order valence-electron chi connectivity index (χ3n) is 5.11. The van der Waals surface area contributed by atoms with Gasteiger partial charge in [-0.15, -0.1) is 0 Å². The summed E-state index contributed by atoms with van der Waals surface area (Å²) in [5.74, 6) is -0.379. The molecule has 0 unspecified atom stereocenters. The molecule has 0 aliphatic rings. The van der Waals surface area contributed by atoms with Crippen LogP contribution in [0.4, 0.5) is 11.5 Å². The second-order valence-electron chi connectivity index (χ2n) is 7.43. The smallest absolute Gasteiger partial charge is 0.269 e. The van der Waals surface area contributed by atoms with Gasteiger partial charge in [-0.05, 0) is 57.5 Å². The Bertz CT molecular complexity index is 1240. The Morgan fingerprint density at radius 2 is 1.61 bits per heavy atom. The molecule has 1 aromatic heterocycles. The minimum Gasteiger partial charge on any atom is -0.328 e. The number of benzene rings is 2. The van der Waals surface area contributed by atoms with Crippen molar-refractivity contribution in [3.63, 3.8) is 0 Å². The van der Waals surface area contributed by atoms with E-state index in [0.29, 0.717) is 5.56 Å². The van der Waals surface area contributed by atoms with Crippen molar-refractivity contribution in [2.45, 2.75) is 43.5 Å². The SMILES string of the molecule is Cc1c(S(=O)(=O)c2ccccc2)c(NC(=O)c2ccc([N+](=O)[O-])cc2)n(C(C)C)c1C. The Morgan fingerprint density at radius 1 is 1.03 bits per heavy atom. The lowest BCUT2D eigenvalue weighted by molar-refractivity contribution is -0.384. The number of hydrogen-bond acceptors (Lipinski definition) is 5. The summed E-state index contributed by atoms with van der Waals surface area (Å²) in [5, 5.41) is 13.6. The maximum absolute atomic E-state index is 13.5. The fourth-order valence-electron chi connectivity index (χ4n) is 3.52. The zero-order valence-corrected chi connectivity index (χ0v) is 18.4. The predicted molar refractivity (Wildman–Crippen MR) is 117 cm³/mol. The Labute approximate surface area is 180 Å². The number of nitro benzene ring substituents is 1. The third kappa shape index (κ3) is 4.09. The molecule has 0 bridgehead atoms. The van der Waals surface area contributed by atoms with Crippen LogP contribution in [0.3, 0.4) is 0 Å². The topological polar surface area (TPSA) is 111 Å². The maximum atomic E-state index is 13.5. The molecule has 162 valence electrons. The van der Waals surface area contributed by atoms with Gasteiger partial charge in [-0.1, -0.05) is 18.2 Å². The van der Waals surface area contributed by atoms with Gasteiger partial charge in [0, 0.05) is 29.4 Å². The van der Waals surface area contributed by atoms with E-state index in [9.17, 15) is 23.3 Å². The Hall–Kier alpha value is -3.46. The fourth-order valence-corrected chi connectivity index (χ4v) is 5.23. The van der Waals surface area contributed by atoms with Crippen LogP contribution in [0.25, 0.3) is 0 Å². The van der Waals surface area contributed by atoms with Crippen LogP contribution in [-0.2, 0) is 9.84 Å². The number of hydrogen-bond donors (Lipinski definition) is 1. The molecule has 31 heavy (non-hydrogen) atoms. The lowest BCUT2D eigenvalue weighted by Crippen LogP contribution is -2.19. The number of carbonyl (C=O) groups is 1. The van der Waals surface area contributed by atoms with E-state index in [4.69, 9.17) is 0 Å². The van der Waals surface area contributed by atoms with Crippen LogP contribution in [0.1, 0.15) is 41.5 Å². The van der Waals surface area contributed by atoms with E-state index >= 15 is 0 Å². The minimum absolute atomic E-state index is 0.0418. The lowest BCUT2D eigenvalue weighted by atomic mass is 10.2. The number of nitro groups is 1. The van der Waals surface area contributed by atoms with Gasteiger partial charge in [0.1, 0.15) is 10.7 Å². The van der Waals surface area contributed by atoms with Gasteiger partial charge in [-0.25, -0.2) is 8.42 Å². The standard InChI is InChI=1S/C22H23N3O5S/c1-14(2)24-16(4)15(3)20(31(29,30)19-8-6-5-7-9-19)21(24)23-22(26)17-10-12-18(13-11-17)25(27)28/h5-14H,1-4H3,(H,23,26). The van der Waals surface area contributed by atoms with Gasteiger partial charge >= 0.3 is 0 Å². The molecule has 3 aromatic rings. The first-order chi connectivity index (χ1) is 14.6. The van der Waals surface area contributed by atoms with Crippen molar-refractivity contribution in [2.75, 3.05) is 5.32 Å². The van der Waals surface area contributed by atoms with E-state index < -0.39 is 20.7 Å². The number of aromatic nitrogens is 1. The molecular formula is C22H23N3O5S. The van der Waals surface area contributed by atoms with Crippen molar-refractivity contribution in [1.82, 2.24) is 4.57 Å². The van der Waals surface area contributed by atoms with E-state index in [2.05, 4.69) is 5.32 Å². The van der Waals surface area contributed by atoms with Crippen LogP contribution in [0.2, 0.25) is 0 Å². The first kappa shape index (κ1) is 22.2. The summed E-state index contributed by atoms with van der Waals surface area (Å²) < 4.78 is 28.7. The van der Waals surface area contributed by atoms with Crippen LogP contribution < -0.4 is 5.32 Å². The molecule has 0 saturated carbocycles. The van der Waals surface area contributed by atoms with Crippen LogP contribution in [0.5, 0.6) is 0 Å². The minimum atomic E-state index is -3.91. The van der Waals surface area contributed by atoms with E-state index in [1.165, 1.54) is 36.4 Å². The molecule has 0 radical (unpaired) electrons. The monoisotopic (exact) mass is 441 g/mol. The van der Waals surface area contributed by atoms with Gasteiger partial charge < -0.3 is 9.88 Å². The number of nitrogens with zero attached hydrogens (tertiary/aromatic N) is 2. The number of rotatable bonds is 6. The molecule has 8 nitrogen and oxygen atoms in total. The average molecular weight is 442 g/mol. The summed E-state index contributed by atoms with van der Waals surface area (Å²) in [4.78, 5) is 23.4. The molecule has 0 aliphatic carbocycles. The lowest BCUT2D eigenvalue weighted by Gasteiger charge is -2.17. The van der Waals surface area contributed by atoms with Crippen molar-refractivity contribution >= 4 is 27.2 Å². The van der Waals surface area contributed by atoms with Gasteiger partial charge in [-0.3, -0.25) is 14.9 Å². The van der Waals surface area contributed by atoms with Gasteiger partial charge in [0.2, 0.25) is 9.84 Å². The van der Waals surface area contributed by atoms with Gasteiger partial charge in [-0.2, -0.15) is 0 Å². The van der Waals surface area contributed by atoms with Gasteiger partial charge in [0.05, 0.1) is 9.82 Å². The van der Waals surface area contributed by atoms with Crippen molar-refractivity contribution in [2.24, 2.45) is 0 Å². The Balaban J connectivity index is 2.14. The van der Waals surface area contributed by atoms with Crippen LogP contribution in [0, 0.1) is 24.0 Å². The molecule has 9 heteroatoms. The van der Waals surface area contributed by atoms with E-state index in [-0.39, 0.29) is 32.9 Å².